The molecule has 0 fully saturated rings. The summed E-state index contributed by atoms with van der Waals surface area (Å²) in [5.41, 5.74) is 1.49. The molecule has 0 aliphatic rings. The van der Waals surface area contributed by atoms with Gasteiger partial charge in [-0.25, -0.2) is 0 Å². The number of thiol groups is 1. The molecule has 0 unspecified atom stereocenters. The number of ether oxygens (including phenoxy) is 1. The number of nitriles is 1. The molecule has 0 N–H and O–H groups in total. The topological polar surface area (TPSA) is 33.0 Å². The second-order valence-corrected chi connectivity index (χ2v) is 4.09. The van der Waals surface area contributed by atoms with Crippen molar-refractivity contribution in [3.05, 3.63) is 53.6 Å². The van der Waals surface area contributed by atoms with Crippen LogP contribution in [0.2, 0.25) is 0 Å². The summed E-state index contributed by atoms with van der Waals surface area (Å²) in [6, 6.07) is 14.9. The summed E-state index contributed by atoms with van der Waals surface area (Å²) >= 11 is 4.34. The lowest BCUT2D eigenvalue weighted by atomic mass is 10.2. The molecule has 0 radical (unpaired) electrons. The van der Waals surface area contributed by atoms with E-state index < -0.39 is 0 Å². The predicted molar refractivity (Wildman–Crippen MR) is 69.7 cm³/mol. The normalized spacial score (nSPS) is 9.71. The van der Waals surface area contributed by atoms with Gasteiger partial charge in [0.15, 0.2) is 0 Å². The minimum Gasteiger partial charge on any atom is -0.456 e. The second-order valence-electron chi connectivity index (χ2n) is 3.61. The minimum atomic E-state index is 0.525. The van der Waals surface area contributed by atoms with Crippen molar-refractivity contribution in [3.63, 3.8) is 0 Å². The summed E-state index contributed by atoms with van der Waals surface area (Å²) in [6.07, 6.45) is 0. The summed E-state index contributed by atoms with van der Waals surface area (Å²) in [5, 5.41) is 8.98. The standard InChI is InChI=1S/C14H11NOS/c1-10-12(7-4-8-14(10)17)16-13-6-3-2-5-11(13)9-15/h2-8,17H,1H3. The van der Waals surface area contributed by atoms with Gasteiger partial charge in [-0.05, 0) is 31.2 Å². The van der Waals surface area contributed by atoms with Crippen molar-refractivity contribution in [1.82, 2.24) is 0 Å². The molecule has 84 valence electrons. The lowest BCUT2D eigenvalue weighted by molar-refractivity contribution is 0.475. The molecule has 17 heavy (non-hydrogen) atoms. The average molecular weight is 241 g/mol. The maximum atomic E-state index is 8.98. The molecule has 0 atom stereocenters. The van der Waals surface area contributed by atoms with Crippen LogP contribution in [0.3, 0.4) is 0 Å². The molecule has 2 aromatic rings. The van der Waals surface area contributed by atoms with Gasteiger partial charge in [-0.3, -0.25) is 0 Å². The van der Waals surface area contributed by atoms with Crippen LogP contribution in [0.25, 0.3) is 0 Å². The molecule has 2 aromatic carbocycles. The Morgan fingerprint density at radius 3 is 2.53 bits per heavy atom. The first-order valence-corrected chi connectivity index (χ1v) is 5.62. The van der Waals surface area contributed by atoms with Crippen LogP contribution in [0, 0.1) is 18.3 Å². The van der Waals surface area contributed by atoms with Crippen LogP contribution in [-0.2, 0) is 0 Å². The molecule has 0 amide bonds. The van der Waals surface area contributed by atoms with Crippen LogP contribution < -0.4 is 4.74 Å². The number of benzene rings is 2. The molecule has 2 nitrogen and oxygen atoms in total. The fourth-order valence-electron chi connectivity index (χ4n) is 1.48. The predicted octanol–water partition coefficient (Wildman–Crippen LogP) is 3.95. The number of para-hydroxylation sites is 1. The van der Waals surface area contributed by atoms with E-state index in [1.807, 2.05) is 37.3 Å². The van der Waals surface area contributed by atoms with Crippen LogP contribution in [0.1, 0.15) is 11.1 Å². The zero-order valence-electron chi connectivity index (χ0n) is 9.34. The molecule has 3 heteroatoms. The highest BCUT2D eigenvalue weighted by Gasteiger charge is 2.06. The molecular weight excluding hydrogens is 230 g/mol. The quantitative estimate of drug-likeness (QED) is 0.808. The Morgan fingerprint density at radius 1 is 1.06 bits per heavy atom. The van der Waals surface area contributed by atoms with Crippen molar-refractivity contribution >= 4 is 12.6 Å². The van der Waals surface area contributed by atoms with Gasteiger partial charge < -0.3 is 4.74 Å². The monoisotopic (exact) mass is 241 g/mol. The van der Waals surface area contributed by atoms with E-state index in [0.29, 0.717) is 11.3 Å². The molecule has 0 aliphatic heterocycles. The van der Waals surface area contributed by atoms with Crippen LogP contribution in [-0.4, -0.2) is 0 Å². The minimum absolute atomic E-state index is 0.525. The van der Waals surface area contributed by atoms with E-state index in [1.54, 1.807) is 12.1 Å². The van der Waals surface area contributed by atoms with Crippen molar-refractivity contribution in [1.29, 1.82) is 5.26 Å². The Balaban J connectivity index is 2.39. The molecule has 2 rings (SSSR count). The summed E-state index contributed by atoms with van der Waals surface area (Å²) < 4.78 is 5.74. The maximum Gasteiger partial charge on any atom is 0.145 e. The Labute approximate surface area is 106 Å². The van der Waals surface area contributed by atoms with Gasteiger partial charge >= 0.3 is 0 Å². The first-order valence-electron chi connectivity index (χ1n) is 5.18. The van der Waals surface area contributed by atoms with E-state index in [0.717, 1.165) is 16.2 Å². The van der Waals surface area contributed by atoms with E-state index >= 15 is 0 Å². The van der Waals surface area contributed by atoms with E-state index in [2.05, 4.69) is 18.7 Å². The Bertz CT molecular complexity index is 587. The van der Waals surface area contributed by atoms with E-state index in [-0.39, 0.29) is 0 Å². The maximum absolute atomic E-state index is 8.98. The molecule has 0 saturated carbocycles. The molecular formula is C14H11NOS. The average Bonchev–Trinajstić information content (AvgIpc) is 2.35. The van der Waals surface area contributed by atoms with Gasteiger partial charge in [0.05, 0.1) is 5.56 Å². The van der Waals surface area contributed by atoms with Crippen LogP contribution >= 0.6 is 12.6 Å². The number of rotatable bonds is 2. The van der Waals surface area contributed by atoms with Crippen LogP contribution in [0.5, 0.6) is 11.5 Å². The molecule has 0 spiro atoms. The van der Waals surface area contributed by atoms with Gasteiger partial charge in [0, 0.05) is 10.5 Å². The highest BCUT2D eigenvalue weighted by atomic mass is 32.1. The Kier molecular flexibility index (Phi) is 3.36. The molecule has 0 aliphatic carbocycles. The smallest absolute Gasteiger partial charge is 0.145 e. The van der Waals surface area contributed by atoms with Crippen molar-refractivity contribution in [2.45, 2.75) is 11.8 Å². The third kappa shape index (κ3) is 2.43. The van der Waals surface area contributed by atoms with Crippen molar-refractivity contribution < 1.29 is 4.74 Å². The van der Waals surface area contributed by atoms with E-state index in [1.165, 1.54) is 0 Å². The van der Waals surface area contributed by atoms with Gasteiger partial charge in [-0.2, -0.15) is 5.26 Å². The third-order valence-electron chi connectivity index (χ3n) is 2.48. The first-order chi connectivity index (χ1) is 8.22. The molecule has 0 saturated heterocycles. The van der Waals surface area contributed by atoms with Crippen LogP contribution in [0.4, 0.5) is 0 Å². The molecule has 0 heterocycles. The van der Waals surface area contributed by atoms with Gasteiger partial charge in [-0.15, -0.1) is 12.6 Å². The lowest BCUT2D eigenvalue weighted by Gasteiger charge is -2.10. The van der Waals surface area contributed by atoms with Crippen molar-refractivity contribution in [2.24, 2.45) is 0 Å². The molecule has 0 bridgehead atoms. The fraction of sp³-hybridized carbons (Fsp3) is 0.0714. The highest BCUT2D eigenvalue weighted by molar-refractivity contribution is 7.80. The summed E-state index contributed by atoms with van der Waals surface area (Å²) in [7, 11) is 0. The Morgan fingerprint density at radius 2 is 1.76 bits per heavy atom. The summed E-state index contributed by atoms with van der Waals surface area (Å²) in [4.78, 5) is 0.872. The van der Waals surface area contributed by atoms with Crippen molar-refractivity contribution in [3.8, 4) is 17.6 Å². The highest BCUT2D eigenvalue weighted by Crippen LogP contribution is 2.30. The molecule has 0 aromatic heterocycles. The number of nitrogens with zero attached hydrogens (tertiary/aromatic N) is 1. The lowest BCUT2D eigenvalue weighted by Crippen LogP contribution is -1.90. The van der Waals surface area contributed by atoms with Gasteiger partial charge in [0.25, 0.3) is 0 Å². The third-order valence-corrected chi connectivity index (χ3v) is 2.97. The summed E-state index contributed by atoms with van der Waals surface area (Å²) in [5.74, 6) is 1.29. The summed E-state index contributed by atoms with van der Waals surface area (Å²) in [6.45, 7) is 1.94. The SMILES string of the molecule is Cc1c(S)cccc1Oc1ccccc1C#N. The van der Waals surface area contributed by atoms with E-state index in [4.69, 9.17) is 10.00 Å². The number of hydrogen-bond acceptors (Lipinski definition) is 3. The van der Waals surface area contributed by atoms with Gasteiger partial charge in [0.2, 0.25) is 0 Å². The Hall–Kier alpha value is -1.92. The van der Waals surface area contributed by atoms with Gasteiger partial charge in [-0.1, -0.05) is 18.2 Å². The number of hydrogen-bond donors (Lipinski definition) is 1. The van der Waals surface area contributed by atoms with Gasteiger partial charge in [0.1, 0.15) is 17.6 Å². The van der Waals surface area contributed by atoms with Crippen molar-refractivity contribution in [2.75, 3.05) is 0 Å². The largest absolute Gasteiger partial charge is 0.456 e. The van der Waals surface area contributed by atoms with Crippen LogP contribution in [0.15, 0.2) is 47.4 Å². The fourth-order valence-corrected chi connectivity index (χ4v) is 1.68. The second kappa shape index (κ2) is 4.94. The zero-order chi connectivity index (χ0) is 12.3. The van der Waals surface area contributed by atoms with E-state index in [9.17, 15) is 0 Å². The first kappa shape index (κ1) is 11.6. The zero-order valence-corrected chi connectivity index (χ0v) is 10.2.